The number of morpholine rings is 1. The highest BCUT2D eigenvalue weighted by Gasteiger charge is 2.40. The Bertz CT molecular complexity index is 1360. The Kier molecular flexibility index (Phi) is 6.12. The van der Waals surface area contributed by atoms with Crippen LogP contribution in [0.1, 0.15) is 70.3 Å². The molecule has 8 nitrogen and oxygen atoms in total. The Morgan fingerprint density at radius 1 is 1.08 bits per heavy atom. The Hall–Kier alpha value is -3.30. The normalized spacial score (nSPS) is 24.9. The van der Waals surface area contributed by atoms with Gasteiger partial charge in [-0.1, -0.05) is 24.3 Å². The van der Waals surface area contributed by atoms with Crippen molar-refractivity contribution in [1.29, 1.82) is 0 Å². The topological polar surface area (TPSA) is 88.2 Å². The van der Waals surface area contributed by atoms with Gasteiger partial charge in [0.2, 0.25) is 11.8 Å². The lowest BCUT2D eigenvalue weighted by molar-refractivity contribution is -0.182. The lowest BCUT2D eigenvalue weighted by Gasteiger charge is -2.47. The fraction of sp³-hybridized carbons (Fsp3) is 0.483. The molecule has 2 aromatic rings. The quantitative estimate of drug-likeness (QED) is 0.581. The summed E-state index contributed by atoms with van der Waals surface area (Å²) in [5.41, 5.74) is 0.129. The highest BCUT2D eigenvalue weighted by atomic mass is 19.1. The fourth-order valence-electron chi connectivity index (χ4n) is 5.71. The van der Waals surface area contributed by atoms with Crippen LogP contribution in [0.15, 0.2) is 36.4 Å². The number of hydrogen-bond acceptors (Lipinski definition) is 6. The molecule has 2 saturated heterocycles. The number of hydrogen-bond donors (Lipinski definition) is 1. The van der Waals surface area contributed by atoms with Gasteiger partial charge in [-0.05, 0) is 46.2 Å². The SMILES string of the molecule is [2H]C1([2H])c2c(OCc3cccc(CN4CC(C)(C)OC(C)(C)C4)c3F)cccc2C(=O)N1C1CCC(=O)NC1=O. The van der Waals surface area contributed by atoms with Gasteiger partial charge in [0.25, 0.3) is 5.91 Å². The molecule has 1 N–H and O–H groups in total. The van der Waals surface area contributed by atoms with Gasteiger partial charge in [-0.15, -0.1) is 0 Å². The molecule has 1 atom stereocenters. The number of rotatable bonds is 6. The van der Waals surface area contributed by atoms with Gasteiger partial charge in [-0.3, -0.25) is 24.6 Å². The van der Waals surface area contributed by atoms with Crippen molar-refractivity contribution < 1.29 is 31.0 Å². The summed E-state index contributed by atoms with van der Waals surface area (Å²) in [6.07, 6.45) is 0.0284. The molecule has 0 radical (unpaired) electrons. The van der Waals surface area contributed by atoms with E-state index in [-0.39, 0.29) is 47.5 Å². The van der Waals surface area contributed by atoms with E-state index in [0.717, 1.165) is 4.90 Å². The third-order valence-corrected chi connectivity index (χ3v) is 6.93. The van der Waals surface area contributed by atoms with Gasteiger partial charge in [0.05, 0.1) is 20.4 Å². The molecule has 3 heterocycles. The first-order valence-corrected chi connectivity index (χ1v) is 12.8. The predicted molar refractivity (Wildman–Crippen MR) is 138 cm³/mol. The number of nitrogens with one attached hydrogen (secondary N) is 1. The van der Waals surface area contributed by atoms with E-state index in [1.807, 2.05) is 27.7 Å². The first-order chi connectivity index (χ1) is 18.7. The molecule has 0 aliphatic carbocycles. The number of benzene rings is 2. The maximum Gasteiger partial charge on any atom is 0.255 e. The first kappa shape index (κ1) is 23.8. The number of amides is 3. The molecule has 5 rings (SSSR count). The van der Waals surface area contributed by atoms with Crippen LogP contribution < -0.4 is 10.1 Å². The maximum absolute atomic E-state index is 15.6. The minimum absolute atomic E-state index is 0.00499. The summed E-state index contributed by atoms with van der Waals surface area (Å²) >= 11 is 0. The van der Waals surface area contributed by atoms with Crippen molar-refractivity contribution in [3.05, 3.63) is 64.5 Å². The zero-order valence-corrected chi connectivity index (χ0v) is 22.1. The van der Waals surface area contributed by atoms with E-state index in [2.05, 4.69) is 10.2 Å². The van der Waals surface area contributed by atoms with Gasteiger partial charge in [0, 0.05) is 48.3 Å². The average molecular weight is 526 g/mol. The zero-order chi connectivity index (χ0) is 29.0. The largest absolute Gasteiger partial charge is 0.488 e. The van der Waals surface area contributed by atoms with E-state index >= 15 is 4.39 Å². The van der Waals surface area contributed by atoms with Crippen molar-refractivity contribution in [3.8, 4) is 5.75 Å². The van der Waals surface area contributed by atoms with Gasteiger partial charge in [0.1, 0.15) is 24.2 Å². The van der Waals surface area contributed by atoms with Crippen molar-refractivity contribution in [3.63, 3.8) is 0 Å². The third kappa shape index (κ3) is 5.31. The summed E-state index contributed by atoms with van der Waals surface area (Å²) in [5.74, 6) is -2.15. The Morgan fingerprint density at radius 2 is 1.76 bits per heavy atom. The summed E-state index contributed by atoms with van der Waals surface area (Å²) in [5, 5.41) is 2.18. The summed E-state index contributed by atoms with van der Waals surface area (Å²) < 4.78 is 45.3. The molecule has 0 bridgehead atoms. The van der Waals surface area contributed by atoms with Crippen molar-refractivity contribution in [2.45, 2.75) is 77.4 Å². The Balaban J connectivity index is 1.36. The third-order valence-electron chi connectivity index (χ3n) is 6.93. The number of nitrogens with zero attached hydrogens (tertiary/aromatic N) is 2. The van der Waals surface area contributed by atoms with Crippen LogP contribution in [0.2, 0.25) is 0 Å². The first-order valence-electron chi connectivity index (χ1n) is 13.8. The van der Waals surface area contributed by atoms with E-state index in [1.54, 1.807) is 24.3 Å². The van der Waals surface area contributed by atoms with Crippen molar-refractivity contribution in [2.75, 3.05) is 13.1 Å². The van der Waals surface area contributed by atoms with Crippen molar-refractivity contribution in [2.24, 2.45) is 0 Å². The molecule has 9 heteroatoms. The molecule has 2 aromatic carbocycles. The van der Waals surface area contributed by atoms with E-state index < -0.39 is 36.1 Å². The fourth-order valence-corrected chi connectivity index (χ4v) is 5.71. The van der Waals surface area contributed by atoms with Crippen LogP contribution in [-0.4, -0.2) is 57.9 Å². The Labute approximate surface area is 224 Å². The highest BCUT2D eigenvalue weighted by molar-refractivity contribution is 6.05. The zero-order valence-electron chi connectivity index (χ0n) is 24.1. The molecule has 38 heavy (non-hydrogen) atoms. The van der Waals surface area contributed by atoms with E-state index in [9.17, 15) is 14.4 Å². The van der Waals surface area contributed by atoms with E-state index in [0.29, 0.717) is 30.8 Å². The number of imide groups is 1. The van der Waals surface area contributed by atoms with Crippen LogP contribution in [-0.2, 0) is 34.0 Å². The monoisotopic (exact) mass is 525 g/mol. The maximum atomic E-state index is 15.6. The molecule has 1 unspecified atom stereocenters. The van der Waals surface area contributed by atoms with Crippen LogP contribution >= 0.6 is 0 Å². The lowest BCUT2D eigenvalue weighted by atomic mass is 9.98. The summed E-state index contributed by atoms with van der Waals surface area (Å²) in [4.78, 5) is 40.4. The highest BCUT2D eigenvalue weighted by Crippen LogP contribution is 2.34. The smallest absolute Gasteiger partial charge is 0.255 e. The van der Waals surface area contributed by atoms with Crippen LogP contribution in [0.25, 0.3) is 0 Å². The summed E-state index contributed by atoms with van der Waals surface area (Å²) in [6, 6.07) is 8.54. The number of halogens is 1. The number of ether oxygens (including phenoxy) is 2. The summed E-state index contributed by atoms with van der Waals surface area (Å²) in [7, 11) is 0. The summed E-state index contributed by atoms with van der Waals surface area (Å²) in [6.45, 7) is 7.22. The van der Waals surface area contributed by atoms with Crippen LogP contribution in [0.4, 0.5) is 4.39 Å². The number of carbonyl (C=O) groups excluding carboxylic acids is 3. The number of fused-ring (bicyclic) bond motifs is 1. The second-order valence-corrected chi connectivity index (χ2v) is 11.4. The molecule has 3 aliphatic heterocycles. The molecule has 2 fully saturated rings. The molecule has 0 aromatic heterocycles. The molecule has 0 saturated carbocycles. The molecular formula is C29H34FN3O5. The van der Waals surface area contributed by atoms with Gasteiger partial charge in [-0.25, -0.2) is 4.39 Å². The average Bonchev–Trinajstić information content (AvgIpc) is 3.03. The molecule has 3 amide bonds. The van der Waals surface area contributed by atoms with Crippen LogP contribution in [0.3, 0.4) is 0 Å². The van der Waals surface area contributed by atoms with Crippen LogP contribution in [0.5, 0.6) is 5.75 Å². The van der Waals surface area contributed by atoms with Gasteiger partial charge in [0.15, 0.2) is 0 Å². The lowest BCUT2D eigenvalue weighted by Crippen LogP contribution is -2.56. The van der Waals surface area contributed by atoms with Gasteiger partial charge < -0.3 is 14.4 Å². The predicted octanol–water partition coefficient (Wildman–Crippen LogP) is 3.56. The van der Waals surface area contributed by atoms with Crippen molar-refractivity contribution in [1.82, 2.24) is 15.1 Å². The standard InChI is InChI=1S/C29H34FN3O5/c1-28(2)16-32(17-29(3,4)38-28)13-18-7-5-8-19(25(18)30)15-37-23-10-6-9-20-21(23)14-33(27(20)36)22-11-12-24(34)31-26(22)35/h5-10,22H,11-17H2,1-4H3,(H,31,34,35)/i14D2. The van der Waals surface area contributed by atoms with Crippen molar-refractivity contribution >= 4 is 17.7 Å². The minimum Gasteiger partial charge on any atom is -0.488 e. The molecule has 202 valence electrons. The number of carbonyl (C=O) groups is 3. The van der Waals surface area contributed by atoms with E-state index in [4.69, 9.17) is 12.2 Å². The molecule has 0 spiro atoms. The second kappa shape index (κ2) is 9.78. The second-order valence-electron chi connectivity index (χ2n) is 11.4. The Morgan fingerprint density at radius 3 is 2.47 bits per heavy atom. The minimum atomic E-state index is -2.37. The van der Waals surface area contributed by atoms with Gasteiger partial charge >= 0.3 is 0 Å². The van der Waals surface area contributed by atoms with Crippen LogP contribution in [0, 0.1) is 5.82 Å². The molecular weight excluding hydrogens is 489 g/mol. The van der Waals surface area contributed by atoms with E-state index in [1.165, 1.54) is 12.1 Å². The van der Waals surface area contributed by atoms with Gasteiger partial charge in [-0.2, -0.15) is 0 Å². The number of piperidine rings is 1. The molecule has 3 aliphatic rings.